The molecule has 0 amide bonds. The topological polar surface area (TPSA) is 40.5 Å². The first kappa shape index (κ1) is 23.5. The van der Waals surface area contributed by atoms with Crippen LogP contribution in [0.25, 0.3) is 0 Å². The van der Waals surface area contributed by atoms with Gasteiger partial charge in [-0.2, -0.15) is 0 Å². The first-order valence-corrected chi connectivity index (χ1v) is 11.3. The number of hydrogen-bond acceptors (Lipinski definition) is 2. The number of benzene rings is 2. The molecule has 0 spiro atoms. The summed E-state index contributed by atoms with van der Waals surface area (Å²) in [6, 6.07) is 12.9. The number of rotatable bonds is 9. The minimum Gasteiger partial charge on any atom is -0.508 e. The highest BCUT2D eigenvalue weighted by molar-refractivity contribution is 5.47. The van der Waals surface area contributed by atoms with Gasteiger partial charge in [-0.1, -0.05) is 65.0 Å². The van der Waals surface area contributed by atoms with E-state index < -0.39 is 5.60 Å². The molecule has 0 aliphatic carbocycles. The van der Waals surface area contributed by atoms with E-state index in [2.05, 4.69) is 71.9 Å². The lowest BCUT2D eigenvalue weighted by Crippen LogP contribution is -2.29. The van der Waals surface area contributed by atoms with Crippen molar-refractivity contribution in [2.45, 2.75) is 97.5 Å². The summed E-state index contributed by atoms with van der Waals surface area (Å²) < 4.78 is 0. The average molecular weight is 397 g/mol. The Kier molecular flexibility index (Phi) is 7.56. The summed E-state index contributed by atoms with van der Waals surface area (Å²) in [6.45, 7) is 15.0. The molecular weight excluding hydrogens is 356 g/mol. The minimum absolute atomic E-state index is 0.0570. The SMILES string of the molecule is CCC(O)(CC)CC(C)c1ccc(C(CC)(CC)c2ccc(O)c(C)c2)cc1C. The van der Waals surface area contributed by atoms with E-state index in [1.54, 1.807) is 0 Å². The van der Waals surface area contributed by atoms with Crippen molar-refractivity contribution in [1.82, 2.24) is 0 Å². The fourth-order valence-electron chi connectivity index (χ4n) is 4.93. The third-order valence-electron chi connectivity index (χ3n) is 7.31. The molecule has 1 unspecified atom stereocenters. The van der Waals surface area contributed by atoms with Gasteiger partial charge >= 0.3 is 0 Å². The molecule has 0 aliphatic heterocycles. The maximum Gasteiger partial charge on any atom is 0.118 e. The van der Waals surface area contributed by atoms with Crippen molar-refractivity contribution in [2.75, 3.05) is 0 Å². The quantitative estimate of drug-likeness (QED) is 0.472. The highest BCUT2D eigenvalue weighted by Gasteiger charge is 2.32. The Morgan fingerprint density at radius 2 is 1.31 bits per heavy atom. The minimum atomic E-state index is -0.579. The molecule has 0 aromatic heterocycles. The van der Waals surface area contributed by atoms with Gasteiger partial charge in [0.1, 0.15) is 5.75 Å². The second-order valence-electron chi connectivity index (χ2n) is 8.90. The van der Waals surface area contributed by atoms with Crippen molar-refractivity contribution in [3.05, 3.63) is 64.2 Å². The van der Waals surface area contributed by atoms with E-state index in [9.17, 15) is 10.2 Å². The highest BCUT2D eigenvalue weighted by atomic mass is 16.3. The van der Waals surface area contributed by atoms with Crippen LogP contribution < -0.4 is 0 Å². The van der Waals surface area contributed by atoms with Gasteiger partial charge in [0, 0.05) is 5.41 Å². The second kappa shape index (κ2) is 9.34. The zero-order chi connectivity index (χ0) is 21.8. The van der Waals surface area contributed by atoms with E-state index in [1.165, 1.54) is 22.3 Å². The molecule has 1 atom stereocenters. The van der Waals surface area contributed by atoms with E-state index in [1.807, 2.05) is 13.0 Å². The van der Waals surface area contributed by atoms with Crippen molar-refractivity contribution >= 4 is 0 Å². The Balaban J connectivity index is 2.45. The van der Waals surface area contributed by atoms with Crippen LogP contribution in [0.5, 0.6) is 5.75 Å². The maximum atomic E-state index is 10.8. The Morgan fingerprint density at radius 1 is 0.793 bits per heavy atom. The number of aryl methyl sites for hydroxylation is 2. The van der Waals surface area contributed by atoms with Gasteiger partial charge in [-0.05, 0) is 85.8 Å². The number of phenolic OH excluding ortho intramolecular Hbond substituents is 1. The van der Waals surface area contributed by atoms with Crippen LogP contribution in [0.1, 0.15) is 100 Å². The van der Waals surface area contributed by atoms with Crippen LogP contribution in [-0.2, 0) is 5.41 Å². The second-order valence-corrected chi connectivity index (χ2v) is 8.90. The van der Waals surface area contributed by atoms with E-state index in [-0.39, 0.29) is 5.41 Å². The summed E-state index contributed by atoms with van der Waals surface area (Å²) in [4.78, 5) is 0. The van der Waals surface area contributed by atoms with E-state index >= 15 is 0 Å². The smallest absolute Gasteiger partial charge is 0.118 e. The predicted octanol–water partition coefficient (Wildman–Crippen LogP) is 7.16. The van der Waals surface area contributed by atoms with Crippen LogP contribution in [0.2, 0.25) is 0 Å². The van der Waals surface area contributed by atoms with Crippen LogP contribution in [0, 0.1) is 13.8 Å². The number of aromatic hydroxyl groups is 1. The van der Waals surface area contributed by atoms with Gasteiger partial charge < -0.3 is 10.2 Å². The summed E-state index contributed by atoms with van der Waals surface area (Å²) in [5, 5.41) is 20.8. The number of aliphatic hydroxyl groups is 1. The van der Waals surface area contributed by atoms with Gasteiger partial charge in [-0.3, -0.25) is 0 Å². The fraction of sp³-hybridized carbons (Fsp3) is 0.556. The fourth-order valence-corrected chi connectivity index (χ4v) is 4.93. The maximum absolute atomic E-state index is 10.8. The Bertz CT molecular complexity index is 813. The molecule has 0 fully saturated rings. The predicted molar refractivity (Wildman–Crippen MR) is 124 cm³/mol. The normalized spacial score (nSPS) is 13.5. The molecule has 0 saturated heterocycles. The lowest BCUT2D eigenvalue weighted by molar-refractivity contribution is 0.0181. The van der Waals surface area contributed by atoms with Crippen LogP contribution in [0.4, 0.5) is 0 Å². The molecular formula is C27H40O2. The van der Waals surface area contributed by atoms with Gasteiger partial charge in [0.2, 0.25) is 0 Å². The molecule has 0 saturated carbocycles. The molecule has 0 bridgehead atoms. The van der Waals surface area contributed by atoms with Gasteiger partial charge in [0.05, 0.1) is 5.60 Å². The molecule has 2 aromatic carbocycles. The molecule has 2 nitrogen and oxygen atoms in total. The largest absolute Gasteiger partial charge is 0.508 e. The molecule has 0 heterocycles. The summed E-state index contributed by atoms with van der Waals surface area (Å²) in [5.41, 5.74) is 5.52. The average Bonchev–Trinajstić information content (AvgIpc) is 2.71. The van der Waals surface area contributed by atoms with Gasteiger partial charge in [0.15, 0.2) is 0 Å². The van der Waals surface area contributed by atoms with Gasteiger partial charge in [-0.25, -0.2) is 0 Å². The monoisotopic (exact) mass is 396 g/mol. The summed E-state index contributed by atoms with van der Waals surface area (Å²) in [5.74, 6) is 0.678. The van der Waals surface area contributed by atoms with Crippen molar-refractivity contribution in [2.24, 2.45) is 0 Å². The van der Waals surface area contributed by atoms with E-state index in [0.29, 0.717) is 11.7 Å². The van der Waals surface area contributed by atoms with Crippen LogP contribution in [-0.4, -0.2) is 15.8 Å². The third-order valence-corrected chi connectivity index (χ3v) is 7.31. The molecule has 0 radical (unpaired) electrons. The third kappa shape index (κ3) is 4.69. The first-order chi connectivity index (χ1) is 13.7. The zero-order valence-electron chi connectivity index (χ0n) is 19.5. The lowest BCUT2D eigenvalue weighted by Gasteiger charge is -2.35. The van der Waals surface area contributed by atoms with Crippen molar-refractivity contribution in [1.29, 1.82) is 0 Å². The molecule has 2 aromatic rings. The lowest BCUT2D eigenvalue weighted by atomic mass is 9.69. The van der Waals surface area contributed by atoms with Crippen molar-refractivity contribution < 1.29 is 10.2 Å². The van der Waals surface area contributed by atoms with E-state index in [4.69, 9.17) is 0 Å². The molecule has 29 heavy (non-hydrogen) atoms. The Hall–Kier alpha value is -1.80. The molecule has 160 valence electrons. The van der Waals surface area contributed by atoms with Crippen LogP contribution >= 0.6 is 0 Å². The summed E-state index contributed by atoms with van der Waals surface area (Å²) in [7, 11) is 0. The molecule has 2 rings (SSSR count). The molecule has 0 aliphatic rings. The highest BCUT2D eigenvalue weighted by Crippen LogP contribution is 2.42. The standard InChI is InChI=1S/C27H40O2/c1-8-26(29,9-2)18-21(7)24-14-12-22(16-19(24)5)27(10-3,11-4)23-13-15-25(28)20(6)17-23/h12-17,21,28-29H,8-11,18H2,1-7H3. The molecule has 2 heteroatoms. The van der Waals surface area contributed by atoms with Crippen LogP contribution in [0.3, 0.4) is 0 Å². The number of hydrogen-bond donors (Lipinski definition) is 2. The van der Waals surface area contributed by atoms with Gasteiger partial charge in [0.25, 0.3) is 0 Å². The Morgan fingerprint density at radius 3 is 1.76 bits per heavy atom. The van der Waals surface area contributed by atoms with E-state index in [0.717, 1.165) is 37.7 Å². The zero-order valence-corrected chi connectivity index (χ0v) is 19.5. The summed E-state index contributed by atoms with van der Waals surface area (Å²) >= 11 is 0. The number of phenols is 1. The van der Waals surface area contributed by atoms with Crippen molar-refractivity contribution in [3.63, 3.8) is 0 Å². The molecule has 2 N–H and O–H groups in total. The summed E-state index contributed by atoms with van der Waals surface area (Å²) in [6.07, 6.45) is 4.39. The van der Waals surface area contributed by atoms with Gasteiger partial charge in [-0.15, -0.1) is 0 Å². The van der Waals surface area contributed by atoms with Crippen LogP contribution in [0.15, 0.2) is 36.4 Å². The Labute approximate surface area is 178 Å². The first-order valence-electron chi connectivity index (χ1n) is 11.3. The van der Waals surface area contributed by atoms with Crippen molar-refractivity contribution in [3.8, 4) is 5.75 Å².